The van der Waals surface area contributed by atoms with Crippen LogP contribution in [0.2, 0.25) is 5.02 Å². The predicted octanol–water partition coefficient (Wildman–Crippen LogP) is 5.18. The van der Waals surface area contributed by atoms with E-state index in [9.17, 15) is 4.57 Å². The van der Waals surface area contributed by atoms with Crippen molar-refractivity contribution in [3.63, 3.8) is 0 Å². The largest absolute Gasteiger partial charge is 0.338 e. The van der Waals surface area contributed by atoms with Gasteiger partial charge in [0.05, 0.1) is 11.9 Å². The van der Waals surface area contributed by atoms with Crippen molar-refractivity contribution in [2.24, 2.45) is 0 Å². The predicted molar refractivity (Wildman–Crippen MR) is 113 cm³/mol. The Labute approximate surface area is 159 Å². The molecule has 0 bridgehead atoms. The van der Waals surface area contributed by atoms with E-state index >= 15 is 0 Å². The van der Waals surface area contributed by atoms with Gasteiger partial charge in [-0.15, -0.1) is 0 Å². The van der Waals surface area contributed by atoms with Crippen LogP contribution in [-0.4, -0.2) is 23.3 Å². The maximum absolute atomic E-state index is 12.5. The lowest BCUT2D eigenvalue weighted by atomic mass is 10.3. The minimum Gasteiger partial charge on any atom is -0.338 e. The molecule has 1 heterocycles. The molecule has 0 fully saturated rings. The van der Waals surface area contributed by atoms with Crippen LogP contribution in [0.3, 0.4) is 0 Å². The molecule has 0 atom stereocenters. The maximum Gasteiger partial charge on any atom is 0.229 e. The first kappa shape index (κ1) is 20.0. The number of para-hydroxylation sites is 1. The Morgan fingerprint density at radius 3 is 2.69 bits per heavy atom. The van der Waals surface area contributed by atoms with Crippen LogP contribution in [0, 0.1) is 0 Å². The Kier molecular flexibility index (Phi) is 6.78. The van der Waals surface area contributed by atoms with Crippen molar-refractivity contribution in [1.82, 2.24) is 9.97 Å². The summed E-state index contributed by atoms with van der Waals surface area (Å²) in [5.41, 5.74) is 1.51. The van der Waals surface area contributed by atoms with Gasteiger partial charge >= 0.3 is 0 Å². The SMILES string of the molecule is C=C/C=C(\C=C/C)Nc1ncc(Cl)c(Nc2ccccc2P(C)(C)=O)n1. The molecular weight excluding hydrogens is 367 g/mol. The summed E-state index contributed by atoms with van der Waals surface area (Å²) in [5, 5.41) is 7.39. The van der Waals surface area contributed by atoms with Gasteiger partial charge in [-0.3, -0.25) is 0 Å². The Balaban J connectivity index is 2.36. The van der Waals surface area contributed by atoms with E-state index in [0.717, 1.165) is 11.0 Å². The van der Waals surface area contributed by atoms with Crippen molar-refractivity contribution in [1.29, 1.82) is 0 Å². The molecule has 0 spiro atoms. The first-order valence-corrected chi connectivity index (χ1v) is 11.0. The van der Waals surface area contributed by atoms with Crippen LogP contribution in [-0.2, 0) is 4.57 Å². The first-order chi connectivity index (χ1) is 12.3. The number of anilines is 3. The van der Waals surface area contributed by atoms with Crippen LogP contribution in [0.25, 0.3) is 0 Å². The van der Waals surface area contributed by atoms with Crippen LogP contribution in [0.4, 0.5) is 17.5 Å². The smallest absolute Gasteiger partial charge is 0.229 e. The standard InChI is InChI=1S/C19H22ClN4OP/c1-5-9-14(10-6-2)22-19-21-13-15(20)18(24-19)23-16-11-7-8-12-17(16)26(3,4)25/h5-13H,1H2,2-4H3,(H2,21,22,23,24)/b10-6-,14-9+. The molecule has 0 radical (unpaired) electrons. The number of nitrogens with one attached hydrogen (secondary N) is 2. The summed E-state index contributed by atoms with van der Waals surface area (Å²) >= 11 is 6.24. The topological polar surface area (TPSA) is 66.9 Å². The summed E-state index contributed by atoms with van der Waals surface area (Å²) in [7, 11) is -2.45. The van der Waals surface area contributed by atoms with E-state index in [1.807, 2.05) is 49.4 Å². The molecule has 2 aromatic rings. The fourth-order valence-electron chi connectivity index (χ4n) is 2.27. The van der Waals surface area contributed by atoms with Crippen molar-refractivity contribution in [3.05, 3.63) is 72.1 Å². The second-order valence-electron chi connectivity index (χ2n) is 5.87. The number of aromatic nitrogens is 2. The Morgan fingerprint density at radius 2 is 2.04 bits per heavy atom. The van der Waals surface area contributed by atoms with Crippen LogP contribution < -0.4 is 15.9 Å². The quantitative estimate of drug-likeness (QED) is 0.505. The molecule has 0 saturated heterocycles. The van der Waals surface area contributed by atoms with Gasteiger partial charge in [-0.1, -0.05) is 42.5 Å². The van der Waals surface area contributed by atoms with Crippen molar-refractivity contribution in [2.45, 2.75) is 6.92 Å². The van der Waals surface area contributed by atoms with E-state index < -0.39 is 7.14 Å². The molecule has 1 aromatic heterocycles. The Morgan fingerprint density at radius 1 is 1.31 bits per heavy atom. The minimum atomic E-state index is -2.45. The summed E-state index contributed by atoms with van der Waals surface area (Å²) in [6.45, 7) is 9.06. The van der Waals surface area contributed by atoms with Gasteiger partial charge in [0.2, 0.25) is 5.95 Å². The zero-order valence-corrected chi connectivity index (χ0v) is 16.7. The minimum absolute atomic E-state index is 0.368. The van der Waals surface area contributed by atoms with Gasteiger partial charge in [0.25, 0.3) is 0 Å². The zero-order valence-electron chi connectivity index (χ0n) is 15.0. The molecule has 0 aliphatic heterocycles. The normalized spacial score (nSPS) is 12.2. The van der Waals surface area contributed by atoms with Crippen LogP contribution in [0.15, 0.2) is 67.0 Å². The summed E-state index contributed by atoms with van der Waals surface area (Å²) in [6.07, 6.45) is 8.78. The average molecular weight is 389 g/mol. The third kappa shape index (κ3) is 5.32. The summed E-state index contributed by atoms with van der Waals surface area (Å²) < 4.78 is 12.5. The molecule has 1 aromatic carbocycles. The second-order valence-corrected chi connectivity index (χ2v) is 9.46. The van der Waals surface area contributed by atoms with Gasteiger partial charge in [-0.2, -0.15) is 4.98 Å². The second kappa shape index (κ2) is 8.84. The maximum atomic E-state index is 12.5. The fraction of sp³-hybridized carbons (Fsp3) is 0.158. The fourth-order valence-corrected chi connectivity index (χ4v) is 3.56. The van der Waals surface area contributed by atoms with E-state index in [4.69, 9.17) is 11.6 Å². The Bertz CT molecular complexity index is 902. The molecule has 5 nitrogen and oxygen atoms in total. The zero-order chi connectivity index (χ0) is 19.2. The third-order valence-electron chi connectivity index (χ3n) is 3.38. The van der Waals surface area contributed by atoms with Gasteiger partial charge in [0.1, 0.15) is 12.2 Å². The number of hydrogen-bond donors (Lipinski definition) is 2. The molecule has 26 heavy (non-hydrogen) atoms. The van der Waals surface area contributed by atoms with Gasteiger partial charge < -0.3 is 15.2 Å². The highest BCUT2D eigenvalue weighted by molar-refractivity contribution is 7.70. The van der Waals surface area contributed by atoms with E-state index in [1.54, 1.807) is 19.4 Å². The molecule has 7 heteroatoms. The number of hydrogen-bond acceptors (Lipinski definition) is 5. The van der Waals surface area contributed by atoms with Gasteiger partial charge in [-0.25, -0.2) is 4.98 Å². The van der Waals surface area contributed by atoms with Crippen molar-refractivity contribution < 1.29 is 4.57 Å². The molecule has 0 aliphatic rings. The highest BCUT2D eigenvalue weighted by Crippen LogP contribution is 2.38. The third-order valence-corrected chi connectivity index (χ3v) is 5.21. The summed E-state index contributed by atoms with van der Waals surface area (Å²) in [4.78, 5) is 8.63. The highest BCUT2D eigenvalue weighted by Gasteiger charge is 2.17. The average Bonchev–Trinajstić information content (AvgIpc) is 2.58. The highest BCUT2D eigenvalue weighted by atomic mass is 35.5. The molecule has 2 N–H and O–H groups in total. The van der Waals surface area contributed by atoms with Crippen LogP contribution >= 0.6 is 18.7 Å². The summed E-state index contributed by atoms with van der Waals surface area (Å²) in [6, 6.07) is 7.42. The number of nitrogens with zero attached hydrogens (tertiary/aromatic N) is 2. The molecule has 136 valence electrons. The molecular formula is C19H22ClN4OP. The van der Waals surface area contributed by atoms with Crippen LogP contribution in [0.5, 0.6) is 0 Å². The van der Waals surface area contributed by atoms with Crippen molar-refractivity contribution >= 4 is 41.5 Å². The first-order valence-electron chi connectivity index (χ1n) is 8.01. The molecule has 0 unspecified atom stereocenters. The number of benzene rings is 1. The van der Waals surface area contributed by atoms with E-state index in [1.165, 1.54) is 6.20 Å². The lowest BCUT2D eigenvalue weighted by molar-refractivity contribution is 0.588. The van der Waals surface area contributed by atoms with E-state index in [-0.39, 0.29) is 0 Å². The van der Waals surface area contributed by atoms with E-state index in [2.05, 4.69) is 27.2 Å². The lowest BCUT2D eigenvalue weighted by Gasteiger charge is -2.15. The number of rotatable bonds is 7. The Hall–Kier alpha value is -2.36. The van der Waals surface area contributed by atoms with Crippen molar-refractivity contribution in [3.8, 4) is 0 Å². The molecule has 0 aliphatic carbocycles. The number of halogens is 1. The number of allylic oxidation sites excluding steroid dienone is 4. The van der Waals surface area contributed by atoms with Gasteiger partial charge in [0, 0.05) is 11.0 Å². The molecule has 0 amide bonds. The molecule has 2 rings (SSSR count). The van der Waals surface area contributed by atoms with Crippen molar-refractivity contribution in [2.75, 3.05) is 24.0 Å². The monoisotopic (exact) mass is 388 g/mol. The van der Waals surface area contributed by atoms with Crippen LogP contribution in [0.1, 0.15) is 6.92 Å². The molecule has 0 saturated carbocycles. The van der Waals surface area contributed by atoms with E-state index in [0.29, 0.717) is 22.5 Å². The van der Waals surface area contributed by atoms with Gasteiger partial charge in [-0.05, 0) is 44.5 Å². The lowest BCUT2D eigenvalue weighted by Crippen LogP contribution is -2.11. The summed E-state index contributed by atoms with van der Waals surface area (Å²) in [5.74, 6) is 0.820. The van der Waals surface area contributed by atoms with Gasteiger partial charge in [0.15, 0.2) is 5.82 Å².